The topological polar surface area (TPSA) is 0 Å². The van der Waals surface area contributed by atoms with E-state index in [1.807, 2.05) is 19.9 Å². The van der Waals surface area contributed by atoms with Crippen LogP contribution in [0.25, 0.3) is 0 Å². The van der Waals surface area contributed by atoms with Gasteiger partial charge in [-0.3, -0.25) is 0 Å². The van der Waals surface area contributed by atoms with Gasteiger partial charge in [0.1, 0.15) is 0 Å². The third-order valence-electron chi connectivity index (χ3n) is 1.97. The van der Waals surface area contributed by atoms with Crippen LogP contribution in [0.5, 0.6) is 0 Å². The van der Waals surface area contributed by atoms with Gasteiger partial charge in [-0.15, -0.1) is 6.42 Å². The van der Waals surface area contributed by atoms with Crippen LogP contribution in [0.3, 0.4) is 0 Å². The van der Waals surface area contributed by atoms with E-state index in [1.165, 1.54) is 0 Å². The Morgan fingerprint density at radius 3 is 2.38 bits per heavy atom. The summed E-state index contributed by atoms with van der Waals surface area (Å²) >= 11 is 11.8. The van der Waals surface area contributed by atoms with Crippen LogP contribution in [-0.4, -0.2) is 0 Å². The van der Waals surface area contributed by atoms with Gasteiger partial charge in [0.2, 0.25) is 0 Å². The lowest BCUT2D eigenvalue weighted by Crippen LogP contribution is -2.14. The number of terminal acetylenes is 1. The minimum atomic E-state index is -0.346. The summed E-state index contributed by atoms with van der Waals surface area (Å²) < 4.78 is 0. The van der Waals surface area contributed by atoms with E-state index in [0.29, 0.717) is 10.0 Å². The van der Waals surface area contributed by atoms with Gasteiger partial charge in [0.15, 0.2) is 0 Å². The Hall–Kier alpha value is -0.640. The molecule has 1 aromatic rings. The van der Waals surface area contributed by atoms with E-state index in [1.54, 1.807) is 12.1 Å². The predicted octanol–water partition coefficient (Wildman–Crippen LogP) is 3.90. The molecule has 68 valence electrons. The highest BCUT2D eigenvalue weighted by atomic mass is 35.5. The van der Waals surface area contributed by atoms with Crippen molar-refractivity contribution in [3.8, 4) is 12.3 Å². The number of benzene rings is 1. The van der Waals surface area contributed by atoms with Crippen molar-refractivity contribution < 1.29 is 0 Å². The molecule has 0 aromatic heterocycles. The van der Waals surface area contributed by atoms with Crippen molar-refractivity contribution in [3.63, 3.8) is 0 Å². The molecule has 0 amide bonds. The van der Waals surface area contributed by atoms with Gasteiger partial charge in [-0.1, -0.05) is 35.2 Å². The van der Waals surface area contributed by atoms with Crippen LogP contribution in [0.1, 0.15) is 19.4 Å². The third kappa shape index (κ3) is 2.18. The van der Waals surface area contributed by atoms with Gasteiger partial charge >= 0.3 is 0 Å². The van der Waals surface area contributed by atoms with Gasteiger partial charge in [-0.2, -0.15) is 0 Å². The number of hydrogen-bond acceptors (Lipinski definition) is 0. The molecule has 1 rings (SSSR count). The average Bonchev–Trinajstić information content (AvgIpc) is 2.03. The molecule has 0 fully saturated rings. The Morgan fingerprint density at radius 2 is 1.92 bits per heavy atom. The van der Waals surface area contributed by atoms with Crippen LogP contribution in [-0.2, 0) is 5.41 Å². The first kappa shape index (κ1) is 10.4. The maximum Gasteiger partial charge on any atom is 0.0518 e. The Bertz CT molecular complexity index is 359. The lowest BCUT2D eigenvalue weighted by molar-refractivity contribution is 0.699. The summed E-state index contributed by atoms with van der Waals surface area (Å²) in [6, 6.07) is 5.36. The van der Waals surface area contributed by atoms with Crippen molar-refractivity contribution in [1.29, 1.82) is 0 Å². The first-order valence-corrected chi connectivity index (χ1v) is 4.66. The molecule has 0 bridgehead atoms. The summed E-state index contributed by atoms with van der Waals surface area (Å²) in [6.07, 6.45) is 5.40. The SMILES string of the molecule is C#CC(C)(C)c1ccc(Cl)cc1Cl. The van der Waals surface area contributed by atoms with Crippen molar-refractivity contribution >= 4 is 23.2 Å². The first-order valence-electron chi connectivity index (χ1n) is 3.90. The molecule has 0 N–H and O–H groups in total. The summed E-state index contributed by atoms with van der Waals surface area (Å²) in [5.74, 6) is 2.69. The monoisotopic (exact) mass is 212 g/mol. The number of rotatable bonds is 1. The number of halogens is 2. The average molecular weight is 213 g/mol. The van der Waals surface area contributed by atoms with Gasteiger partial charge in [0.25, 0.3) is 0 Å². The first-order chi connectivity index (χ1) is 5.97. The summed E-state index contributed by atoms with van der Waals surface area (Å²) in [5, 5.41) is 1.25. The summed E-state index contributed by atoms with van der Waals surface area (Å²) in [7, 11) is 0. The highest BCUT2D eigenvalue weighted by molar-refractivity contribution is 6.35. The molecule has 0 unspecified atom stereocenters. The lowest BCUT2D eigenvalue weighted by atomic mass is 9.86. The van der Waals surface area contributed by atoms with Crippen LogP contribution >= 0.6 is 23.2 Å². The van der Waals surface area contributed by atoms with Crippen molar-refractivity contribution in [2.24, 2.45) is 0 Å². The zero-order valence-corrected chi connectivity index (χ0v) is 9.08. The van der Waals surface area contributed by atoms with Crippen LogP contribution < -0.4 is 0 Å². The van der Waals surface area contributed by atoms with Crippen LogP contribution in [0, 0.1) is 12.3 Å². The van der Waals surface area contributed by atoms with E-state index in [-0.39, 0.29) is 5.41 Å². The van der Waals surface area contributed by atoms with Crippen LogP contribution in [0.15, 0.2) is 18.2 Å². The molecule has 0 aliphatic carbocycles. The Labute approximate surface area is 88.9 Å². The van der Waals surface area contributed by atoms with Gasteiger partial charge in [0.05, 0.1) is 5.41 Å². The molecule has 0 atom stereocenters. The maximum atomic E-state index is 6.01. The van der Waals surface area contributed by atoms with E-state index in [2.05, 4.69) is 5.92 Å². The Balaban J connectivity index is 3.26. The van der Waals surface area contributed by atoms with E-state index in [4.69, 9.17) is 29.6 Å². The fourth-order valence-corrected chi connectivity index (χ4v) is 1.72. The van der Waals surface area contributed by atoms with Crippen LogP contribution in [0.4, 0.5) is 0 Å². The smallest absolute Gasteiger partial charge is 0.0518 e. The second-order valence-electron chi connectivity index (χ2n) is 3.39. The molecule has 0 spiro atoms. The largest absolute Gasteiger partial charge is 0.119 e. The molecule has 0 aliphatic heterocycles. The van der Waals surface area contributed by atoms with E-state index in [9.17, 15) is 0 Å². The van der Waals surface area contributed by atoms with Crippen molar-refractivity contribution in [2.45, 2.75) is 19.3 Å². The summed E-state index contributed by atoms with van der Waals surface area (Å²) in [6.45, 7) is 3.89. The van der Waals surface area contributed by atoms with E-state index in [0.717, 1.165) is 5.56 Å². The molecule has 0 saturated carbocycles. The molecular weight excluding hydrogens is 203 g/mol. The standard InChI is InChI=1S/C11H10Cl2/c1-4-11(2,3)9-6-5-8(12)7-10(9)13/h1,5-7H,2-3H3. The molecule has 2 heteroatoms. The minimum Gasteiger partial charge on any atom is -0.119 e. The van der Waals surface area contributed by atoms with Crippen molar-refractivity contribution in [3.05, 3.63) is 33.8 Å². The molecular formula is C11H10Cl2. The fourth-order valence-electron chi connectivity index (χ4n) is 1.07. The molecule has 0 radical (unpaired) electrons. The highest BCUT2D eigenvalue weighted by Crippen LogP contribution is 2.31. The normalized spacial score (nSPS) is 11.0. The minimum absolute atomic E-state index is 0.346. The van der Waals surface area contributed by atoms with Gasteiger partial charge < -0.3 is 0 Å². The molecule has 1 aromatic carbocycles. The molecule has 0 saturated heterocycles. The van der Waals surface area contributed by atoms with Crippen LogP contribution in [0.2, 0.25) is 10.0 Å². The van der Waals surface area contributed by atoms with Gasteiger partial charge in [-0.05, 0) is 31.5 Å². The van der Waals surface area contributed by atoms with Gasteiger partial charge in [-0.25, -0.2) is 0 Å². The fraction of sp³-hybridized carbons (Fsp3) is 0.273. The summed E-state index contributed by atoms with van der Waals surface area (Å²) in [5.41, 5.74) is 0.586. The molecule has 13 heavy (non-hydrogen) atoms. The zero-order valence-electron chi connectivity index (χ0n) is 7.57. The predicted molar refractivity (Wildman–Crippen MR) is 58.3 cm³/mol. The molecule has 0 nitrogen and oxygen atoms in total. The van der Waals surface area contributed by atoms with Crippen molar-refractivity contribution in [1.82, 2.24) is 0 Å². The summed E-state index contributed by atoms with van der Waals surface area (Å²) in [4.78, 5) is 0. The van der Waals surface area contributed by atoms with Gasteiger partial charge in [0, 0.05) is 10.0 Å². The highest BCUT2D eigenvalue weighted by Gasteiger charge is 2.20. The van der Waals surface area contributed by atoms with E-state index >= 15 is 0 Å². The maximum absolute atomic E-state index is 6.01. The van der Waals surface area contributed by atoms with Crippen molar-refractivity contribution in [2.75, 3.05) is 0 Å². The lowest BCUT2D eigenvalue weighted by Gasteiger charge is -2.19. The van der Waals surface area contributed by atoms with E-state index < -0.39 is 0 Å². The molecule has 0 heterocycles. The Morgan fingerprint density at radius 1 is 1.31 bits per heavy atom. The third-order valence-corrected chi connectivity index (χ3v) is 2.51. The zero-order chi connectivity index (χ0) is 10.1. The second-order valence-corrected chi connectivity index (χ2v) is 4.24. The quantitative estimate of drug-likeness (QED) is 0.620. The Kier molecular flexibility index (Phi) is 2.91. The number of hydrogen-bond donors (Lipinski definition) is 0. The second kappa shape index (κ2) is 3.62. The molecule has 0 aliphatic rings.